The number of nitrogens with zero attached hydrogens (tertiary/aromatic N) is 1. The van der Waals surface area contributed by atoms with Crippen LogP contribution >= 0.6 is 11.6 Å². The second-order valence-corrected chi connectivity index (χ2v) is 10.3. The molecule has 3 nitrogen and oxygen atoms in total. The molecule has 1 fully saturated rings. The Hall–Kier alpha value is -2.14. The van der Waals surface area contributed by atoms with Crippen LogP contribution in [0.1, 0.15) is 28.0 Å². The third-order valence-electron chi connectivity index (χ3n) is 5.60. The Labute approximate surface area is 177 Å². The standard InChI is InChI=1S/C24H24ClNO2S/c1-29(27,28)24(20-13-8-14-22(25)15-20)21-16-26(17-21)23(18-9-4-2-5-10-18)19-11-6-3-7-12-19/h2-15,21,23-24H,16-17H2,1H3. The zero-order valence-corrected chi connectivity index (χ0v) is 17.9. The lowest BCUT2D eigenvalue weighted by Gasteiger charge is -2.47. The number of sulfone groups is 1. The van der Waals surface area contributed by atoms with Gasteiger partial charge in [0.25, 0.3) is 0 Å². The van der Waals surface area contributed by atoms with E-state index < -0.39 is 15.1 Å². The van der Waals surface area contributed by atoms with E-state index in [4.69, 9.17) is 11.6 Å². The summed E-state index contributed by atoms with van der Waals surface area (Å²) >= 11 is 6.14. The summed E-state index contributed by atoms with van der Waals surface area (Å²) in [6, 6.07) is 28.1. The van der Waals surface area contributed by atoms with Gasteiger partial charge < -0.3 is 0 Å². The number of benzene rings is 3. The van der Waals surface area contributed by atoms with Gasteiger partial charge >= 0.3 is 0 Å². The largest absolute Gasteiger partial charge is 0.292 e. The minimum atomic E-state index is -3.26. The fourth-order valence-corrected chi connectivity index (χ4v) is 6.10. The number of likely N-dealkylation sites (tertiary alicyclic amines) is 1. The van der Waals surface area contributed by atoms with E-state index >= 15 is 0 Å². The zero-order valence-electron chi connectivity index (χ0n) is 16.3. The van der Waals surface area contributed by atoms with Crippen molar-refractivity contribution in [3.05, 3.63) is 107 Å². The van der Waals surface area contributed by atoms with E-state index in [-0.39, 0.29) is 12.0 Å². The maximum atomic E-state index is 12.6. The summed E-state index contributed by atoms with van der Waals surface area (Å²) < 4.78 is 25.3. The molecule has 3 aromatic carbocycles. The minimum absolute atomic E-state index is 0.0402. The van der Waals surface area contributed by atoms with Gasteiger partial charge in [-0.2, -0.15) is 0 Å². The molecular formula is C24H24ClNO2S. The molecule has 1 heterocycles. The van der Waals surface area contributed by atoms with Crippen molar-refractivity contribution < 1.29 is 8.42 Å². The molecule has 0 radical (unpaired) electrons. The predicted octanol–water partition coefficient (Wildman–Crippen LogP) is 5.15. The smallest absolute Gasteiger partial charge is 0.154 e. The van der Waals surface area contributed by atoms with E-state index in [1.807, 2.05) is 48.5 Å². The van der Waals surface area contributed by atoms with Crippen LogP contribution in [0.15, 0.2) is 84.9 Å². The second kappa shape index (κ2) is 8.31. The molecule has 4 rings (SSSR count). The van der Waals surface area contributed by atoms with Gasteiger partial charge in [-0.3, -0.25) is 4.90 Å². The number of hydrogen-bond donors (Lipinski definition) is 0. The van der Waals surface area contributed by atoms with Gasteiger partial charge in [-0.1, -0.05) is 84.4 Å². The molecule has 0 saturated carbocycles. The van der Waals surface area contributed by atoms with E-state index in [0.29, 0.717) is 5.02 Å². The van der Waals surface area contributed by atoms with Crippen molar-refractivity contribution >= 4 is 21.4 Å². The molecule has 1 unspecified atom stereocenters. The van der Waals surface area contributed by atoms with Gasteiger partial charge in [-0.25, -0.2) is 8.42 Å². The third-order valence-corrected chi connectivity index (χ3v) is 7.42. The molecule has 0 amide bonds. The summed E-state index contributed by atoms with van der Waals surface area (Å²) in [7, 11) is -3.26. The first kappa shape index (κ1) is 20.1. The summed E-state index contributed by atoms with van der Waals surface area (Å²) in [5.74, 6) is 0.0402. The zero-order chi connectivity index (χ0) is 20.4. The SMILES string of the molecule is CS(=O)(=O)C(c1cccc(Cl)c1)C1CN(C(c2ccccc2)c2ccccc2)C1. The van der Waals surface area contributed by atoms with Crippen molar-refractivity contribution in [3.8, 4) is 0 Å². The maximum absolute atomic E-state index is 12.6. The first-order valence-corrected chi connectivity index (χ1v) is 12.0. The van der Waals surface area contributed by atoms with E-state index in [2.05, 4.69) is 29.2 Å². The van der Waals surface area contributed by atoms with Crippen LogP contribution in [-0.2, 0) is 9.84 Å². The first-order valence-electron chi connectivity index (χ1n) is 9.72. The molecule has 1 aliphatic heterocycles. The number of halogens is 1. The van der Waals surface area contributed by atoms with Crippen molar-refractivity contribution in [1.29, 1.82) is 0 Å². The molecule has 1 atom stereocenters. The summed E-state index contributed by atoms with van der Waals surface area (Å²) in [4.78, 5) is 2.36. The quantitative estimate of drug-likeness (QED) is 0.548. The molecule has 0 aromatic heterocycles. The lowest BCUT2D eigenvalue weighted by Crippen LogP contribution is -2.52. The molecule has 150 valence electrons. The molecule has 0 spiro atoms. The Bertz CT molecular complexity index is 1020. The second-order valence-electron chi connectivity index (χ2n) is 7.74. The summed E-state index contributed by atoms with van der Waals surface area (Å²) in [5.41, 5.74) is 3.22. The minimum Gasteiger partial charge on any atom is -0.292 e. The Balaban J connectivity index is 1.62. The summed E-state index contributed by atoms with van der Waals surface area (Å²) in [6.45, 7) is 1.44. The summed E-state index contributed by atoms with van der Waals surface area (Å²) in [6.07, 6.45) is 1.33. The molecule has 0 aliphatic carbocycles. The van der Waals surface area contributed by atoms with Gasteiger partial charge in [0, 0.05) is 30.3 Å². The van der Waals surface area contributed by atoms with E-state index in [0.717, 1.165) is 18.7 Å². The highest BCUT2D eigenvalue weighted by Gasteiger charge is 2.42. The number of rotatable bonds is 6. The molecular weight excluding hydrogens is 402 g/mol. The Morgan fingerprint density at radius 3 is 1.83 bits per heavy atom. The average Bonchev–Trinajstić information content (AvgIpc) is 2.67. The Morgan fingerprint density at radius 1 is 0.828 bits per heavy atom. The van der Waals surface area contributed by atoms with Crippen molar-refractivity contribution in [3.63, 3.8) is 0 Å². The Kier molecular flexibility index (Phi) is 5.77. The fraction of sp³-hybridized carbons (Fsp3) is 0.250. The van der Waals surface area contributed by atoms with Crippen LogP contribution in [0.2, 0.25) is 5.02 Å². The molecule has 0 N–H and O–H groups in total. The Morgan fingerprint density at radius 2 is 1.34 bits per heavy atom. The highest BCUT2D eigenvalue weighted by atomic mass is 35.5. The first-order chi connectivity index (χ1) is 13.9. The van der Waals surface area contributed by atoms with Crippen LogP contribution in [0, 0.1) is 5.92 Å². The summed E-state index contributed by atoms with van der Waals surface area (Å²) in [5, 5.41) is 0.0309. The van der Waals surface area contributed by atoms with Gasteiger partial charge in [0.2, 0.25) is 0 Å². The van der Waals surface area contributed by atoms with Crippen molar-refractivity contribution in [2.24, 2.45) is 5.92 Å². The van der Waals surface area contributed by atoms with Gasteiger partial charge in [-0.05, 0) is 28.8 Å². The van der Waals surface area contributed by atoms with Gasteiger partial charge in [0.05, 0.1) is 11.3 Å². The van der Waals surface area contributed by atoms with Crippen LogP contribution < -0.4 is 0 Å². The van der Waals surface area contributed by atoms with Gasteiger partial charge in [0.1, 0.15) is 0 Å². The van der Waals surface area contributed by atoms with Crippen LogP contribution in [0.25, 0.3) is 0 Å². The average molecular weight is 426 g/mol. The van der Waals surface area contributed by atoms with E-state index in [1.165, 1.54) is 17.4 Å². The normalized spacial score (nSPS) is 16.5. The monoisotopic (exact) mass is 425 g/mol. The molecule has 29 heavy (non-hydrogen) atoms. The maximum Gasteiger partial charge on any atom is 0.154 e. The van der Waals surface area contributed by atoms with Crippen molar-refractivity contribution in [1.82, 2.24) is 4.90 Å². The topological polar surface area (TPSA) is 37.4 Å². The molecule has 1 aliphatic rings. The fourth-order valence-electron chi connectivity index (χ4n) is 4.39. The van der Waals surface area contributed by atoms with Crippen LogP contribution in [-0.4, -0.2) is 32.7 Å². The lowest BCUT2D eigenvalue weighted by molar-refractivity contribution is 0.0655. The molecule has 5 heteroatoms. The molecule has 3 aromatic rings. The molecule has 1 saturated heterocycles. The van der Waals surface area contributed by atoms with Crippen LogP contribution in [0.3, 0.4) is 0 Å². The van der Waals surface area contributed by atoms with Gasteiger partial charge in [0.15, 0.2) is 9.84 Å². The third kappa shape index (κ3) is 4.40. The number of hydrogen-bond acceptors (Lipinski definition) is 3. The lowest BCUT2D eigenvalue weighted by atomic mass is 9.86. The van der Waals surface area contributed by atoms with E-state index in [1.54, 1.807) is 12.1 Å². The highest BCUT2D eigenvalue weighted by molar-refractivity contribution is 7.90. The van der Waals surface area contributed by atoms with E-state index in [9.17, 15) is 8.42 Å². The predicted molar refractivity (Wildman–Crippen MR) is 119 cm³/mol. The highest BCUT2D eigenvalue weighted by Crippen LogP contribution is 2.42. The van der Waals surface area contributed by atoms with Crippen molar-refractivity contribution in [2.75, 3.05) is 19.3 Å². The van der Waals surface area contributed by atoms with Crippen LogP contribution in [0.5, 0.6) is 0 Å². The van der Waals surface area contributed by atoms with Gasteiger partial charge in [-0.15, -0.1) is 0 Å². The molecule has 0 bridgehead atoms. The van der Waals surface area contributed by atoms with Crippen LogP contribution in [0.4, 0.5) is 0 Å². The van der Waals surface area contributed by atoms with Crippen molar-refractivity contribution in [2.45, 2.75) is 11.3 Å².